The van der Waals surface area contributed by atoms with Gasteiger partial charge in [0, 0.05) is 24.6 Å². The Hall–Kier alpha value is -0.0800. The van der Waals surface area contributed by atoms with E-state index >= 15 is 0 Å². The lowest BCUT2D eigenvalue weighted by molar-refractivity contribution is 0.119. The molecule has 104 valence electrons. The van der Waals surface area contributed by atoms with E-state index in [-0.39, 0.29) is 5.41 Å². The molecule has 0 amide bonds. The van der Waals surface area contributed by atoms with Crippen LogP contribution in [0.2, 0.25) is 0 Å². The fourth-order valence-electron chi connectivity index (χ4n) is 4.29. The Labute approximate surface area is 112 Å². The highest BCUT2D eigenvalue weighted by Gasteiger charge is 2.37. The zero-order valence-electron chi connectivity index (χ0n) is 11.7. The SMILES string of the molecule is OCC1(CNC2CCCC(C3CC3)C2)CCCC1. The summed E-state index contributed by atoms with van der Waals surface area (Å²) in [6.45, 7) is 1.45. The van der Waals surface area contributed by atoms with Gasteiger partial charge in [-0.2, -0.15) is 0 Å². The van der Waals surface area contributed by atoms with Gasteiger partial charge in [-0.3, -0.25) is 0 Å². The monoisotopic (exact) mass is 251 g/mol. The van der Waals surface area contributed by atoms with Gasteiger partial charge < -0.3 is 10.4 Å². The minimum absolute atomic E-state index is 0.229. The predicted molar refractivity (Wildman–Crippen MR) is 74.5 cm³/mol. The lowest BCUT2D eigenvalue weighted by Crippen LogP contribution is -2.42. The molecule has 3 rings (SSSR count). The van der Waals surface area contributed by atoms with Crippen LogP contribution >= 0.6 is 0 Å². The van der Waals surface area contributed by atoms with Crippen LogP contribution in [0.25, 0.3) is 0 Å². The lowest BCUT2D eigenvalue weighted by Gasteiger charge is -2.34. The third-order valence-electron chi connectivity index (χ3n) is 5.77. The molecule has 0 aliphatic heterocycles. The summed E-state index contributed by atoms with van der Waals surface area (Å²) in [7, 11) is 0. The van der Waals surface area contributed by atoms with Crippen molar-refractivity contribution < 1.29 is 5.11 Å². The van der Waals surface area contributed by atoms with Crippen LogP contribution in [0.5, 0.6) is 0 Å². The van der Waals surface area contributed by atoms with Crippen molar-refractivity contribution >= 4 is 0 Å². The standard InChI is InChI=1S/C16H29NO/c18-12-16(8-1-2-9-16)11-17-15-5-3-4-14(10-15)13-6-7-13/h13-15,17-18H,1-12H2. The maximum absolute atomic E-state index is 9.66. The van der Waals surface area contributed by atoms with Crippen LogP contribution in [0, 0.1) is 17.3 Å². The van der Waals surface area contributed by atoms with E-state index in [0.717, 1.165) is 24.4 Å². The molecule has 3 aliphatic carbocycles. The predicted octanol–water partition coefficient (Wildman–Crippen LogP) is 3.10. The second-order valence-corrected chi connectivity index (χ2v) is 7.21. The van der Waals surface area contributed by atoms with Gasteiger partial charge in [-0.05, 0) is 50.4 Å². The van der Waals surface area contributed by atoms with Crippen LogP contribution in [0.3, 0.4) is 0 Å². The summed E-state index contributed by atoms with van der Waals surface area (Å²) in [4.78, 5) is 0. The summed E-state index contributed by atoms with van der Waals surface area (Å²) >= 11 is 0. The molecule has 3 saturated carbocycles. The summed E-state index contributed by atoms with van der Waals surface area (Å²) in [5.74, 6) is 2.10. The molecule has 2 nitrogen and oxygen atoms in total. The molecule has 0 bridgehead atoms. The Morgan fingerprint density at radius 2 is 1.72 bits per heavy atom. The van der Waals surface area contributed by atoms with Crippen molar-refractivity contribution in [3.05, 3.63) is 0 Å². The highest BCUT2D eigenvalue weighted by molar-refractivity contribution is 4.91. The zero-order chi connectivity index (χ0) is 12.4. The maximum atomic E-state index is 9.66. The maximum Gasteiger partial charge on any atom is 0.0499 e. The first kappa shape index (κ1) is 12.9. The number of nitrogens with one attached hydrogen (secondary N) is 1. The molecule has 2 N–H and O–H groups in total. The number of rotatable bonds is 5. The van der Waals surface area contributed by atoms with E-state index in [1.54, 1.807) is 0 Å². The van der Waals surface area contributed by atoms with Crippen LogP contribution in [-0.2, 0) is 0 Å². The van der Waals surface area contributed by atoms with Crippen molar-refractivity contribution in [1.82, 2.24) is 5.32 Å². The quantitative estimate of drug-likeness (QED) is 0.787. The van der Waals surface area contributed by atoms with Crippen molar-refractivity contribution in [2.24, 2.45) is 17.3 Å². The van der Waals surface area contributed by atoms with Gasteiger partial charge in [-0.15, -0.1) is 0 Å². The molecule has 2 unspecified atom stereocenters. The summed E-state index contributed by atoms with van der Waals surface area (Å²) in [5.41, 5.74) is 0.229. The van der Waals surface area contributed by atoms with Crippen molar-refractivity contribution in [3.63, 3.8) is 0 Å². The topological polar surface area (TPSA) is 32.3 Å². The average Bonchev–Trinajstić information content (AvgIpc) is 3.17. The summed E-state index contributed by atoms with van der Waals surface area (Å²) in [5, 5.41) is 13.5. The minimum atomic E-state index is 0.229. The van der Waals surface area contributed by atoms with E-state index in [4.69, 9.17) is 0 Å². The molecule has 0 radical (unpaired) electrons. The highest BCUT2D eigenvalue weighted by atomic mass is 16.3. The van der Waals surface area contributed by atoms with Gasteiger partial charge in [0.2, 0.25) is 0 Å². The van der Waals surface area contributed by atoms with Crippen molar-refractivity contribution in [1.29, 1.82) is 0 Å². The van der Waals surface area contributed by atoms with Gasteiger partial charge >= 0.3 is 0 Å². The molecule has 0 aromatic rings. The average molecular weight is 251 g/mol. The van der Waals surface area contributed by atoms with Gasteiger partial charge in [0.25, 0.3) is 0 Å². The first-order chi connectivity index (χ1) is 8.81. The Morgan fingerprint density at radius 3 is 2.39 bits per heavy atom. The zero-order valence-corrected chi connectivity index (χ0v) is 11.7. The number of hydrogen-bond donors (Lipinski definition) is 2. The van der Waals surface area contributed by atoms with E-state index in [2.05, 4.69) is 5.32 Å². The van der Waals surface area contributed by atoms with E-state index in [1.165, 1.54) is 64.2 Å². The molecule has 2 heteroatoms. The third kappa shape index (κ3) is 2.91. The van der Waals surface area contributed by atoms with Gasteiger partial charge in [0.05, 0.1) is 0 Å². The molecule has 0 saturated heterocycles. The molecule has 0 aromatic heterocycles. The molecule has 3 aliphatic rings. The number of hydrogen-bond acceptors (Lipinski definition) is 2. The highest BCUT2D eigenvalue weighted by Crippen LogP contribution is 2.44. The summed E-state index contributed by atoms with van der Waals surface area (Å²) in [6.07, 6.45) is 13.8. The van der Waals surface area contributed by atoms with Gasteiger partial charge in [0.15, 0.2) is 0 Å². The normalized spacial score (nSPS) is 35.8. The first-order valence-corrected chi connectivity index (χ1v) is 8.16. The van der Waals surface area contributed by atoms with Crippen LogP contribution in [-0.4, -0.2) is 24.3 Å². The van der Waals surface area contributed by atoms with Crippen LogP contribution < -0.4 is 5.32 Å². The largest absolute Gasteiger partial charge is 0.396 e. The van der Waals surface area contributed by atoms with Gasteiger partial charge in [-0.25, -0.2) is 0 Å². The smallest absolute Gasteiger partial charge is 0.0499 e. The van der Waals surface area contributed by atoms with E-state index in [1.807, 2.05) is 0 Å². The van der Waals surface area contributed by atoms with E-state index in [9.17, 15) is 5.11 Å². The molecule has 2 atom stereocenters. The van der Waals surface area contributed by atoms with E-state index < -0.39 is 0 Å². The fourth-order valence-corrected chi connectivity index (χ4v) is 4.29. The van der Waals surface area contributed by atoms with Gasteiger partial charge in [0.1, 0.15) is 0 Å². The minimum Gasteiger partial charge on any atom is -0.396 e. The van der Waals surface area contributed by atoms with Crippen LogP contribution in [0.15, 0.2) is 0 Å². The Kier molecular flexibility index (Phi) is 3.95. The number of aliphatic hydroxyl groups excluding tert-OH is 1. The molecule has 0 aromatic carbocycles. The molecule has 0 spiro atoms. The first-order valence-electron chi connectivity index (χ1n) is 8.16. The Morgan fingerprint density at radius 1 is 0.944 bits per heavy atom. The van der Waals surface area contributed by atoms with Crippen molar-refractivity contribution in [2.45, 2.75) is 70.3 Å². The summed E-state index contributed by atoms with van der Waals surface area (Å²) in [6, 6.07) is 0.744. The van der Waals surface area contributed by atoms with Crippen molar-refractivity contribution in [2.75, 3.05) is 13.2 Å². The second-order valence-electron chi connectivity index (χ2n) is 7.21. The fraction of sp³-hybridized carbons (Fsp3) is 1.00. The molecular weight excluding hydrogens is 222 g/mol. The molecule has 3 fully saturated rings. The second kappa shape index (κ2) is 5.50. The molecular formula is C16H29NO. The molecule has 0 heterocycles. The Balaban J connectivity index is 1.46. The van der Waals surface area contributed by atoms with E-state index in [0.29, 0.717) is 6.61 Å². The van der Waals surface area contributed by atoms with Crippen LogP contribution in [0.1, 0.15) is 64.2 Å². The van der Waals surface area contributed by atoms with Gasteiger partial charge in [-0.1, -0.05) is 25.7 Å². The summed E-state index contributed by atoms with van der Waals surface area (Å²) < 4.78 is 0. The third-order valence-corrected chi connectivity index (χ3v) is 5.77. The lowest BCUT2D eigenvalue weighted by atomic mass is 9.81. The number of aliphatic hydroxyl groups is 1. The Bertz CT molecular complexity index is 268. The molecule has 18 heavy (non-hydrogen) atoms. The van der Waals surface area contributed by atoms with Crippen LogP contribution in [0.4, 0.5) is 0 Å². The van der Waals surface area contributed by atoms with Crippen molar-refractivity contribution in [3.8, 4) is 0 Å².